The van der Waals surface area contributed by atoms with E-state index in [2.05, 4.69) is 53.5 Å². The maximum absolute atomic E-state index is 2.56. The largest absolute Gasteiger partial charge is 0.301 e. The quantitative estimate of drug-likeness (QED) is 0.564. The van der Waals surface area contributed by atoms with Gasteiger partial charge in [0.25, 0.3) is 0 Å². The SMILES string of the molecule is CC.CN1CC(C)(C)CCC(C)(C)CCC1(C)C. The van der Waals surface area contributed by atoms with Crippen LogP contribution in [0.3, 0.4) is 0 Å². The van der Waals surface area contributed by atoms with Crippen LogP contribution in [0.25, 0.3) is 0 Å². The van der Waals surface area contributed by atoms with Crippen LogP contribution in [0.15, 0.2) is 0 Å². The highest BCUT2D eigenvalue weighted by Gasteiger charge is 2.34. The minimum Gasteiger partial charge on any atom is -0.301 e. The molecule has 0 saturated carbocycles. The molecule has 1 rings (SSSR count). The summed E-state index contributed by atoms with van der Waals surface area (Å²) >= 11 is 0. The lowest BCUT2D eigenvalue weighted by Crippen LogP contribution is -2.45. The van der Waals surface area contributed by atoms with Gasteiger partial charge in [0.05, 0.1) is 0 Å². The predicted molar refractivity (Wildman–Crippen MR) is 84.1 cm³/mol. The summed E-state index contributed by atoms with van der Waals surface area (Å²) < 4.78 is 0. The fourth-order valence-electron chi connectivity index (χ4n) is 2.57. The van der Waals surface area contributed by atoms with Gasteiger partial charge in [0.15, 0.2) is 0 Å². The maximum Gasteiger partial charge on any atom is 0.0150 e. The van der Waals surface area contributed by atoms with Gasteiger partial charge in [-0.25, -0.2) is 0 Å². The molecule has 1 heteroatoms. The van der Waals surface area contributed by atoms with E-state index in [-0.39, 0.29) is 0 Å². The Hall–Kier alpha value is -0.0400. The van der Waals surface area contributed by atoms with Crippen LogP contribution in [0.4, 0.5) is 0 Å². The third-order valence-corrected chi connectivity index (χ3v) is 4.59. The fraction of sp³-hybridized carbons (Fsp3) is 1.00. The van der Waals surface area contributed by atoms with Crippen molar-refractivity contribution in [2.24, 2.45) is 10.8 Å². The Balaban J connectivity index is 0.00000137. The van der Waals surface area contributed by atoms with Crippen LogP contribution in [0, 0.1) is 10.8 Å². The summed E-state index contributed by atoms with van der Waals surface area (Å²) in [6.07, 6.45) is 5.37. The average molecular weight is 255 g/mol. The first-order chi connectivity index (χ1) is 8.04. The Morgan fingerprint density at radius 3 is 1.56 bits per heavy atom. The maximum atomic E-state index is 2.56. The van der Waals surface area contributed by atoms with Gasteiger partial charge in [-0.1, -0.05) is 41.5 Å². The van der Waals surface area contributed by atoms with Gasteiger partial charge in [-0.05, 0) is 57.4 Å². The van der Waals surface area contributed by atoms with Crippen molar-refractivity contribution in [2.45, 2.75) is 86.6 Å². The van der Waals surface area contributed by atoms with Gasteiger partial charge in [-0.3, -0.25) is 0 Å². The second-order valence-electron chi connectivity index (χ2n) is 8.00. The second kappa shape index (κ2) is 6.41. The molecule has 1 saturated heterocycles. The normalized spacial score (nSPS) is 27.2. The molecular weight excluding hydrogens is 218 g/mol. The molecule has 0 amide bonds. The predicted octanol–water partition coefficient (Wildman–Crippen LogP) is 5.35. The minimum absolute atomic E-state index is 0.346. The third kappa shape index (κ3) is 5.73. The molecule has 0 aliphatic carbocycles. The Morgan fingerprint density at radius 2 is 1.06 bits per heavy atom. The van der Waals surface area contributed by atoms with Gasteiger partial charge >= 0.3 is 0 Å². The molecule has 0 radical (unpaired) electrons. The lowest BCUT2D eigenvalue weighted by atomic mass is 9.77. The van der Waals surface area contributed by atoms with E-state index in [1.54, 1.807) is 0 Å². The lowest BCUT2D eigenvalue weighted by Gasteiger charge is -2.40. The van der Waals surface area contributed by atoms with E-state index in [0.29, 0.717) is 16.4 Å². The van der Waals surface area contributed by atoms with Gasteiger partial charge in [-0.15, -0.1) is 0 Å². The summed E-state index contributed by atoms with van der Waals surface area (Å²) in [4.78, 5) is 2.56. The molecule has 1 aliphatic rings. The van der Waals surface area contributed by atoms with Crippen LogP contribution >= 0.6 is 0 Å². The monoisotopic (exact) mass is 255 g/mol. The second-order valence-corrected chi connectivity index (χ2v) is 8.00. The molecular formula is C17H37N. The van der Waals surface area contributed by atoms with E-state index in [1.165, 1.54) is 32.2 Å². The van der Waals surface area contributed by atoms with Crippen LogP contribution in [-0.2, 0) is 0 Å². The van der Waals surface area contributed by atoms with Gasteiger partial charge in [0.1, 0.15) is 0 Å². The fourth-order valence-corrected chi connectivity index (χ4v) is 2.57. The van der Waals surface area contributed by atoms with Crippen molar-refractivity contribution >= 4 is 0 Å². The van der Waals surface area contributed by atoms with Crippen molar-refractivity contribution in [1.29, 1.82) is 0 Å². The molecule has 0 aromatic heterocycles. The molecule has 1 fully saturated rings. The standard InChI is InChI=1S/C15H31N.C2H6/c1-13(2)8-9-14(3,4)12-16(7)15(5,6)11-10-13;1-2/h8-12H2,1-7H3;1-2H3. The minimum atomic E-state index is 0.346. The highest BCUT2D eigenvalue weighted by Crippen LogP contribution is 2.39. The van der Waals surface area contributed by atoms with Crippen LogP contribution in [0.5, 0.6) is 0 Å². The molecule has 0 N–H and O–H groups in total. The number of hydrogen-bond acceptors (Lipinski definition) is 1. The van der Waals surface area contributed by atoms with Crippen LogP contribution in [0.2, 0.25) is 0 Å². The first-order valence-corrected chi connectivity index (χ1v) is 7.75. The third-order valence-electron chi connectivity index (χ3n) is 4.59. The van der Waals surface area contributed by atoms with Crippen molar-refractivity contribution in [3.63, 3.8) is 0 Å². The number of rotatable bonds is 0. The van der Waals surface area contributed by atoms with Gasteiger partial charge in [0.2, 0.25) is 0 Å². The van der Waals surface area contributed by atoms with Gasteiger partial charge in [-0.2, -0.15) is 0 Å². The smallest absolute Gasteiger partial charge is 0.0150 e. The van der Waals surface area contributed by atoms with E-state index in [1.807, 2.05) is 13.8 Å². The Bertz CT molecular complexity index is 238. The summed E-state index contributed by atoms with van der Waals surface area (Å²) in [5.41, 5.74) is 1.31. The van der Waals surface area contributed by atoms with E-state index in [9.17, 15) is 0 Å². The Morgan fingerprint density at radius 1 is 0.667 bits per heavy atom. The highest BCUT2D eigenvalue weighted by molar-refractivity contribution is 4.88. The summed E-state index contributed by atoms with van der Waals surface area (Å²) in [6.45, 7) is 19.7. The van der Waals surface area contributed by atoms with Crippen molar-refractivity contribution in [3.8, 4) is 0 Å². The van der Waals surface area contributed by atoms with Crippen LogP contribution < -0.4 is 0 Å². The molecule has 1 nitrogen and oxygen atoms in total. The summed E-state index contributed by atoms with van der Waals surface area (Å²) in [5, 5.41) is 0. The van der Waals surface area contributed by atoms with E-state index >= 15 is 0 Å². The molecule has 110 valence electrons. The first-order valence-electron chi connectivity index (χ1n) is 7.75. The number of nitrogens with zero attached hydrogens (tertiary/aromatic N) is 1. The summed E-state index contributed by atoms with van der Waals surface area (Å²) in [6, 6.07) is 0. The molecule has 18 heavy (non-hydrogen) atoms. The topological polar surface area (TPSA) is 3.24 Å². The van der Waals surface area contributed by atoms with Crippen molar-refractivity contribution < 1.29 is 0 Å². The molecule has 0 aromatic rings. The highest BCUT2D eigenvalue weighted by atomic mass is 15.2. The van der Waals surface area contributed by atoms with E-state index < -0.39 is 0 Å². The average Bonchev–Trinajstić information content (AvgIpc) is 2.28. The van der Waals surface area contributed by atoms with Gasteiger partial charge in [0, 0.05) is 12.1 Å². The van der Waals surface area contributed by atoms with E-state index in [0.717, 1.165) is 0 Å². The van der Waals surface area contributed by atoms with Crippen LogP contribution in [0.1, 0.15) is 81.1 Å². The van der Waals surface area contributed by atoms with Crippen molar-refractivity contribution in [3.05, 3.63) is 0 Å². The van der Waals surface area contributed by atoms with Crippen molar-refractivity contribution in [2.75, 3.05) is 13.6 Å². The lowest BCUT2D eigenvalue weighted by molar-refractivity contribution is 0.0951. The first kappa shape index (κ1) is 18.0. The summed E-state index contributed by atoms with van der Waals surface area (Å²) in [5.74, 6) is 0. The van der Waals surface area contributed by atoms with E-state index in [4.69, 9.17) is 0 Å². The number of hydrogen-bond donors (Lipinski definition) is 0. The zero-order chi connectivity index (χ0) is 14.6. The zero-order valence-electron chi connectivity index (χ0n) is 14.5. The zero-order valence-corrected chi connectivity index (χ0v) is 14.5. The molecule has 0 spiro atoms. The molecule has 0 unspecified atom stereocenters. The molecule has 0 aromatic carbocycles. The van der Waals surface area contributed by atoms with Crippen LogP contribution in [-0.4, -0.2) is 24.0 Å². The summed E-state index contributed by atoms with van der Waals surface area (Å²) in [7, 11) is 2.29. The molecule has 1 heterocycles. The van der Waals surface area contributed by atoms with Crippen molar-refractivity contribution in [1.82, 2.24) is 4.90 Å². The molecule has 0 atom stereocenters. The molecule has 1 aliphatic heterocycles. The molecule has 0 bridgehead atoms. The van der Waals surface area contributed by atoms with Gasteiger partial charge < -0.3 is 4.90 Å². The Labute approximate surface area is 116 Å². The Kier molecular flexibility index (Phi) is 6.40.